The Bertz CT molecular complexity index is 809. The Balaban J connectivity index is 1.53. The van der Waals surface area contributed by atoms with Crippen molar-refractivity contribution in [1.82, 2.24) is 19.5 Å². The Kier molecular flexibility index (Phi) is 3.16. The normalized spacial score (nSPS) is 26.8. The van der Waals surface area contributed by atoms with E-state index in [0.29, 0.717) is 25.2 Å². The minimum absolute atomic E-state index is 0.132. The van der Waals surface area contributed by atoms with Gasteiger partial charge >= 0.3 is 0 Å². The van der Waals surface area contributed by atoms with Gasteiger partial charge in [-0.1, -0.05) is 0 Å². The summed E-state index contributed by atoms with van der Waals surface area (Å²) in [7, 11) is 0. The number of aromatic nitrogens is 3. The first-order chi connectivity index (χ1) is 11.7. The Morgan fingerprint density at radius 2 is 2.08 bits per heavy atom. The second-order valence-corrected chi connectivity index (χ2v) is 7.30. The molecule has 0 N–H and O–H groups in total. The summed E-state index contributed by atoms with van der Waals surface area (Å²) in [4.78, 5) is 19.9. The highest BCUT2D eigenvalue weighted by Gasteiger charge is 2.45. The molecule has 2 aromatic heterocycles. The smallest absolute Gasteiger partial charge is 0.226 e. The van der Waals surface area contributed by atoms with Gasteiger partial charge in [-0.3, -0.25) is 4.79 Å². The molecule has 6 heteroatoms. The SMILES string of the molecule is Cc1cc2ncc3c(n2n1)C[C@@H]1CC[C@H]3N1C(=O)C1CCOCC1. The number of carbonyl (C=O) groups excluding carboxylic acids is 1. The van der Waals surface area contributed by atoms with Crippen LogP contribution in [0.4, 0.5) is 0 Å². The third-order valence-electron chi connectivity index (χ3n) is 5.85. The zero-order valence-corrected chi connectivity index (χ0v) is 13.9. The van der Waals surface area contributed by atoms with E-state index < -0.39 is 0 Å². The fraction of sp³-hybridized carbons (Fsp3) is 0.611. The van der Waals surface area contributed by atoms with E-state index in [0.717, 1.165) is 43.4 Å². The van der Waals surface area contributed by atoms with Crippen LogP contribution in [0.1, 0.15) is 48.7 Å². The lowest BCUT2D eigenvalue weighted by molar-refractivity contribution is -0.142. The van der Waals surface area contributed by atoms with Crippen molar-refractivity contribution < 1.29 is 9.53 Å². The van der Waals surface area contributed by atoms with Gasteiger partial charge in [-0.05, 0) is 32.6 Å². The van der Waals surface area contributed by atoms with Crippen molar-refractivity contribution in [3.8, 4) is 0 Å². The van der Waals surface area contributed by atoms with Crippen LogP contribution in [0.15, 0.2) is 12.3 Å². The van der Waals surface area contributed by atoms with Crippen LogP contribution >= 0.6 is 0 Å². The van der Waals surface area contributed by atoms with Crippen LogP contribution < -0.4 is 0 Å². The van der Waals surface area contributed by atoms with Gasteiger partial charge in [-0.25, -0.2) is 9.50 Å². The quantitative estimate of drug-likeness (QED) is 0.805. The number of hydrogen-bond acceptors (Lipinski definition) is 4. The molecular formula is C18H22N4O2. The Morgan fingerprint density at radius 1 is 1.25 bits per heavy atom. The first kappa shape index (κ1) is 14.4. The summed E-state index contributed by atoms with van der Waals surface area (Å²) in [6, 6.07) is 2.50. The van der Waals surface area contributed by atoms with E-state index in [2.05, 4.69) is 15.0 Å². The van der Waals surface area contributed by atoms with Gasteiger partial charge in [0.05, 0.1) is 17.4 Å². The maximum Gasteiger partial charge on any atom is 0.226 e. The van der Waals surface area contributed by atoms with E-state index in [4.69, 9.17) is 4.74 Å². The summed E-state index contributed by atoms with van der Waals surface area (Å²) in [6.45, 7) is 3.43. The first-order valence-electron chi connectivity index (χ1n) is 8.96. The van der Waals surface area contributed by atoms with Crippen molar-refractivity contribution in [2.24, 2.45) is 5.92 Å². The van der Waals surface area contributed by atoms with E-state index in [1.807, 2.05) is 23.7 Å². The largest absolute Gasteiger partial charge is 0.381 e. The third kappa shape index (κ3) is 2.02. The van der Waals surface area contributed by atoms with Crippen molar-refractivity contribution in [1.29, 1.82) is 0 Å². The highest BCUT2D eigenvalue weighted by atomic mass is 16.5. The van der Waals surface area contributed by atoms with Gasteiger partial charge in [0.15, 0.2) is 5.65 Å². The molecule has 5 heterocycles. The Hall–Kier alpha value is -1.95. The number of amides is 1. The molecule has 6 nitrogen and oxygen atoms in total. The second kappa shape index (κ2) is 5.28. The Morgan fingerprint density at radius 3 is 2.92 bits per heavy atom. The molecule has 0 aliphatic carbocycles. The molecule has 3 aliphatic heterocycles. The molecule has 2 saturated heterocycles. The number of hydrogen-bond donors (Lipinski definition) is 0. The minimum atomic E-state index is 0.132. The van der Waals surface area contributed by atoms with Crippen molar-refractivity contribution in [2.45, 2.75) is 51.1 Å². The average molecular weight is 326 g/mol. The van der Waals surface area contributed by atoms with Crippen molar-refractivity contribution >= 4 is 11.6 Å². The first-order valence-corrected chi connectivity index (χ1v) is 8.96. The molecule has 0 radical (unpaired) electrons. The standard InChI is InChI=1S/C18H22N4O2/c1-11-8-17-19-10-14-15-3-2-13(9-16(14)22(17)20-11)21(15)18(23)12-4-6-24-7-5-12/h8,10,12-13,15H,2-7,9H2,1H3/t13-,15+/m0/s1. The summed E-state index contributed by atoms with van der Waals surface area (Å²) in [6.07, 6.45) is 6.70. The molecule has 1 amide bonds. The summed E-state index contributed by atoms with van der Waals surface area (Å²) < 4.78 is 7.41. The van der Waals surface area contributed by atoms with Crippen LogP contribution in [-0.4, -0.2) is 44.7 Å². The highest BCUT2D eigenvalue weighted by molar-refractivity contribution is 5.80. The van der Waals surface area contributed by atoms with Crippen LogP contribution in [0.3, 0.4) is 0 Å². The van der Waals surface area contributed by atoms with E-state index in [1.165, 1.54) is 11.3 Å². The van der Waals surface area contributed by atoms with E-state index >= 15 is 0 Å². The van der Waals surface area contributed by atoms with Gasteiger partial charge in [-0.15, -0.1) is 0 Å². The van der Waals surface area contributed by atoms with E-state index in [-0.39, 0.29) is 12.0 Å². The van der Waals surface area contributed by atoms with Gasteiger partial charge < -0.3 is 9.64 Å². The summed E-state index contributed by atoms with van der Waals surface area (Å²) in [5.41, 5.74) is 4.34. The molecule has 24 heavy (non-hydrogen) atoms. The zero-order chi connectivity index (χ0) is 16.3. The van der Waals surface area contributed by atoms with Gasteiger partial charge in [0.25, 0.3) is 0 Å². The van der Waals surface area contributed by atoms with Crippen molar-refractivity contribution in [2.75, 3.05) is 13.2 Å². The van der Waals surface area contributed by atoms with Crippen molar-refractivity contribution in [3.05, 3.63) is 29.2 Å². The topological polar surface area (TPSA) is 59.7 Å². The molecule has 0 aromatic carbocycles. The van der Waals surface area contributed by atoms with Crippen LogP contribution in [0.25, 0.3) is 5.65 Å². The van der Waals surface area contributed by atoms with Gasteiger partial charge in [0.1, 0.15) is 0 Å². The average Bonchev–Trinajstić information content (AvgIpc) is 3.14. The summed E-state index contributed by atoms with van der Waals surface area (Å²) in [5, 5.41) is 4.62. The fourth-order valence-corrected chi connectivity index (χ4v) is 4.69. The molecule has 0 spiro atoms. The van der Waals surface area contributed by atoms with Gasteiger partial charge in [0.2, 0.25) is 5.91 Å². The number of fused-ring (bicyclic) bond motifs is 6. The van der Waals surface area contributed by atoms with Crippen molar-refractivity contribution in [3.63, 3.8) is 0 Å². The molecular weight excluding hydrogens is 304 g/mol. The number of rotatable bonds is 1. The minimum Gasteiger partial charge on any atom is -0.381 e. The van der Waals surface area contributed by atoms with Gasteiger partial charge in [-0.2, -0.15) is 5.10 Å². The lowest BCUT2D eigenvalue weighted by atomic mass is 9.93. The summed E-state index contributed by atoms with van der Waals surface area (Å²) in [5.74, 6) is 0.459. The summed E-state index contributed by atoms with van der Waals surface area (Å²) >= 11 is 0. The highest BCUT2D eigenvalue weighted by Crippen LogP contribution is 2.44. The molecule has 2 bridgehead atoms. The maximum absolute atomic E-state index is 13.1. The lowest BCUT2D eigenvalue weighted by Crippen LogP contribution is -2.46. The number of ether oxygens (including phenoxy) is 1. The fourth-order valence-electron chi connectivity index (χ4n) is 4.69. The molecule has 5 rings (SSSR count). The number of aryl methyl sites for hydroxylation is 1. The predicted molar refractivity (Wildman–Crippen MR) is 87.6 cm³/mol. The number of carbonyl (C=O) groups is 1. The molecule has 2 atom stereocenters. The van der Waals surface area contributed by atoms with Gasteiger partial charge in [0, 0.05) is 49.4 Å². The van der Waals surface area contributed by atoms with Crippen LogP contribution in [-0.2, 0) is 16.0 Å². The maximum atomic E-state index is 13.1. The lowest BCUT2D eigenvalue weighted by Gasteiger charge is -2.38. The monoisotopic (exact) mass is 326 g/mol. The molecule has 3 aliphatic rings. The zero-order valence-electron chi connectivity index (χ0n) is 13.9. The van der Waals surface area contributed by atoms with Crippen LogP contribution in [0.5, 0.6) is 0 Å². The molecule has 0 unspecified atom stereocenters. The van der Waals surface area contributed by atoms with Crippen LogP contribution in [0, 0.1) is 12.8 Å². The van der Waals surface area contributed by atoms with Crippen LogP contribution in [0.2, 0.25) is 0 Å². The Labute approximate surface area is 140 Å². The molecule has 0 saturated carbocycles. The predicted octanol–water partition coefficient (Wildman–Crippen LogP) is 2.05. The molecule has 2 fully saturated rings. The second-order valence-electron chi connectivity index (χ2n) is 7.30. The molecule has 126 valence electrons. The third-order valence-corrected chi connectivity index (χ3v) is 5.85. The van der Waals surface area contributed by atoms with E-state index in [9.17, 15) is 4.79 Å². The number of nitrogens with zero attached hydrogens (tertiary/aromatic N) is 4. The van der Waals surface area contributed by atoms with E-state index in [1.54, 1.807) is 0 Å². The molecule has 2 aromatic rings.